The summed E-state index contributed by atoms with van der Waals surface area (Å²) in [5.41, 5.74) is 3.93. The molecule has 1 atom stereocenters. The number of thiophene rings is 1. The van der Waals surface area contributed by atoms with Crippen LogP contribution in [0.1, 0.15) is 41.5 Å². The zero-order valence-corrected chi connectivity index (χ0v) is 28.3. The maximum absolute atomic E-state index is 14.2. The van der Waals surface area contributed by atoms with E-state index in [-0.39, 0.29) is 18.1 Å². The summed E-state index contributed by atoms with van der Waals surface area (Å²) in [5.74, 6) is 0.866. The number of fused-ring (bicyclic) bond motifs is 1. The van der Waals surface area contributed by atoms with Gasteiger partial charge in [0.2, 0.25) is 0 Å². The molecule has 5 aromatic rings. The molecule has 6 rings (SSSR count). The predicted molar refractivity (Wildman–Crippen MR) is 190 cm³/mol. The highest BCUT2D eigenvalue weighted by atomic mass is 35.5. The van der Waals surface area contributed by atoms with Gasteiger partial charge in [0.25, 0.3) is 11.5 Å². The second kappa shape index (κ2) is 14.4. The minimum absolute atomic E-state index is 0.230. The number of carbonyl (C=O) groups excluding carboxylic acids is 1. The number of rotatable bonds is 11. The maximum atomic E-state index is 14.2. The van der Waals surface area contributed by atoms with Gasteiger partial charge in [-0.05, 0) is 73.7 Å². The number of anilines is 1. The lowest BCUT2D eigenvalue weighted by molar-refractivity contribution is -0.113. The van der Waals surface area contributed by atoms with E-state index in [0.29, 0.717) is 55.8 Å². The minimum atomic E-state index is -0.618. The Morgan fingerprint density at radius 2 is 1.85 bits per heavy atom. The molecule has 10 heteroatoms. The Bertz CT molecular complexity index is 2150. The van der Waals surface area contributed by atoms with E-state index >= 15 is 0 Å². The third-order valence-electron chi connectivity index (χ3n) is 7.56. The van der Waals surface area contributed by atoms with Gasteiger partial charge in [-0.1, -0.05) is 71.5 Å². The molecule has 238 valence electrons. The van der Waals surface area contributed by atoms with Gasteiger partial charge in [-0.15, -0.1) is 17.9 Å². The molecule has 1 N–H and O–H groups in total. The standard InChI is InChI=1S/C37H32ClN3O4S2/c1-4-12-25-19-24(20-29(44-5-2)34(25)45-22-26-13-9-10-16-28(26)38)21-31-36(43)41-33(30-17-11-18-46-30)32(23(3)39-37(41)47-31)35(42)40-27-14-7-6-8-15-27/h4,6-11,13-21,33H,1,5,12,22H2,2-3H3,(H,40,42)/b31-21+/t33-/m1/s1. The number of benzene rings is 3. The monoisotopic (exact) mass is 681 g/mol. The number of nitrogens with one attached hydrogen (secondary N) is 1. The van der Waals surface area contributed by atoms with Gasteiger partial charge in [-0.2, -0.15) is 0 Å². The molecule has 3 heterocycles. The molecule has 0 saturated carbocycles. The Hall–Kier alpha value is -4.70. The molecule has 1 aliphatic heterocycles. The van der Waals surface area contributed by atoms with Crippen LogP contribution in [0.25, 0.3) is 6.08 Å². The molecule has 0 fully saturated rings. The van der Waals surface area contributed by atoms with Crippen LogP contribution in [0.2, 0.25) is 5.02 Å². The molecule has 0 spiro atoms. The van der Waals surface area contributed by atoms with E-state index in [9.17, 15) is 9.59 Å². The number of thiazole rings is 1. The number of aromatic nitrogens is 1. The highest BCUT2D eigenvalue weighted by molar-refractivity contribution is 7.10. The van der Waals surface area contributed by atoms with E-state index < -0.39 is 6.04 Å². The fraction of sp³-hybridized carbons (Fsp3) is 0.162. The lowest BCUT2D eigenvalue weighted by Crippen LogP contribution is -2.40. The summed E-state index contributed by atoms with van der Waals surface area (Å²) in [7, 11) is 0. The SMILES string of the molecule is C=CCc1cc(/C=c2/sc3n(c2=O)[C@H](c2cccs2)C(C(=O)Nc2ccccc2)=C(C)N=3)cc(OCC)c1OCc1ccccc1Cl. The number of para-hydroxylation sites is 1. The highest BCUT2D eigenvalue weighted by Gasteiger charge is 2.33. The number of carbonyl (C=O) groups is 1. The molecule has 0 unspecified atom stereocenters. The van der Waals surface area contributed by atoms with Gasteiger partial charge >= 0.3 is 0 Å². The van der Waals surface area contributed by atoms with E-state index in [1.54, 1.807) is 10.6 Å². The van der Waals surface area contributed by atoms with Crippen LogP contribution in [0.5, 0.6) is 11.5 Å². The largest absolute Gasteiger partial charge is 0.490 e. The number of ether oxygens (including phenoxy) is 2. The van der Waals surface area contributed by atoms with Crippen LogP contribution in [0.3, 0.4) is 0 Å². The second-order valence-electron chi connectivity index (χ2n) is 10.7. The topological polar surface area (TPSA) is 81.9 Å². The van der Waals surface area contributed by atoms with Crippen molar-refractivity contribution in [3.05, 3.63) is 154 Å². The van der Waals surface area contributed by atoms with E-state index in [4.69, 9.17) is 26.1 Å². The van der Waals surface area contributed by atoms with E-state index in [1.807, 2.05) is 104 Å². The van der Waals surface area contributed by atoms with Gasteiger partial charge in [-0.3, -0.25) is 14.2 Å². The molecule has 1 aliphatic rings. The lowest BCUT2D eigenvalue weighted by atomic mass is 10.0. The Balaban J connectivity index is 1.42. The zero-order chi connectivity index (χ0) is 32.9. The summed E-state index contributed by atoms with van der Waals surface area (Å²) < 4.78 is 14.4. The van der Waals surface area contributed by atoms with Crippen molar-refractivity contribution in [1.29, 1.82) is 0 Å². The van der Waals surface area contributed by atoms with Crippen LogP contribution in [0.15, 0.2) is 118 Å². The summed E-state index contributed by atoms with van der Waals surface area (Å²) in [5, 5.41) is 5.55. The zero-order valence-electron chi connectivity index (χ0n) is 25.9. The molecular formula is C37H32ClN3O4S2. The van der Waals surface area contributed by atoms with Gasteiger partial charge in [0.1, 0.15) is 12.6 Å². The maximum Gasteiger partial charge on any atom is 0.271 e. The molecule has 0 aliphatic carbocycles. The molecule has 0 bridgehead atoms. The summed E-state index contributed by atoms with van der Waals surface area (Å²) >= 11 is 9.17. The van der Waals surface area contributed by atoms with Crippen LogP contribution in [0.4, 0.5) is 5.69 Å². The van der Waals surface area contributed by atoms with Crippen molar-refractivity contribution < 1.29 is 14.3 Å². The number of amides is 1. The first-order valence-corrected chi connectivity index (χ1v) is 17.1. The normalized spacial score (nSPS) is 14.4. The van der Waals surface area contributed by atoms with E-state index in [0.717, 1.165) is 21.6 Å². The first kappa shape index (κ1) is 32.2. The average Bonchev–Trinajstić information content (AvgIpc) is 3.70. The van der Waals surface area contributed by atoms with Crippen molar-refractivity contribution >= 4 is 51.9 Å². The Kier molecular flexibility index (Phi) is 9.87. The van der Waals surface area contributed by atoms with Crippen LogP contribution < -0.4 is 29.7 Å². The van der Waals surface area contributed by atoms with Crippen LogP contribution >= 0.6 is 34.3 Å². The van der Waals surface area contributed by atoms with Gasteiger partial charge < -0.3 is 14.8 Å². The van der Waals surface area contributed by atoms with Crippen molar-refractivity contribution in [2.24, 2.45) is 4.99 Å². The quantitative estimate of drug-likeness (QED) is 0.149. The van der Waals surface area contributed by atoms with Crippen molar-refractivity contribution in [3.63, 3.8) is 0 Å². The molecule has 7 nitrogen and oxygen atoms in total. The van der Waals surface area contributed by atoms with Crippen molar-refractivity contribution in [3.8, 4) is 11.5 Å². The number of allylic oxidation sites excluding steroid dienone is 2. The van der Waals surface area contributed by atoms with Crippen molar-refractivity contribution in [1.82, 2.24) is 4.57 Å². The first-order chi connectivity index (χ1) is 22.9. The van der Waals surface area contributed by atoms with E-state index in [2.05, 4.69) is 11.9 Å². The van der Waals surface area contributed by atoms with Crippen LogP contribution in [-0.2, 0) is 17.8 Å². The smallest absolute Gasteiger partial charge is 0.271 e. The molecular weight excluding hydrogens is 650 g/mol. The Labute approximate surface area is 285 Å². The van der Waals surface area contributed by atoms with Gasteiger partial charge in [0.05, 0.1) is 22.4 Å². The third kappa shape index (κ3) is 6.88. The molecule has 3 aromatic carbocycles. The fourth-order valence-corrected chi connectivity index (χ4v) is 7.53. The molecule has 1 amide bonds. The van der Waals surface area contributed by atoms with E-state index in [1.165, 1.54) is 22.7 Å². The molecule has 47 heavy (non-hydrogen) atoms. The highest BCUT2D eigenvalue weighted by Crippen LogP contribution is 2.36. The summed E-state index contributed by atoms with van der Waals surface area (Å²) in [6.07, 6.45) is 4.17. The molecule has 2 aromatic heterocycles. The Morgan fingerprint density at radius 1 is 1.06 bits per heavy atom. The lowest BCUT2D eigenvalue weighted by Gasteiger charge is -2.24. The number of halogens is 1. The van der Waals surface area contributed by atoms with Gasteiger partial charge in [-0.25, -0.2) is 4.99 Å². The minimum Gasteiger partial charge on any atom is -0.490 e. The van der Waals surface area contributed by atoms with Crippen LogP contribution in [-0.4, -0.2) is 17.1 Å². The predicted octanol–water partition coefficient (Wildman–Crippen LogP) is 7.30. The summed E-state index contributed by atoms with van der Waals surface area (Å²) in [6, 6.07) is 23.9. The van der Waals surface area contributed by atoms with Gasteiger partial charge in [0.15, 0.2) is 16.3 Å². The van der Waals surface area contributed by atoms with Crippen LogP contribution in [0, 0.1) is 0 Å². The Morgan fingerprint density at radius 3 is 2.57 bits per heavy atom. The number of hydrogen-bond donors (Lipinski definition) is 1. The summed E-state index contributed by atoms with van der Waals surface area (Å²) in [6.45, 7) is 8.36. The number of hydrogen-bond acceptors (Lipinski definition) is 7. The molecule has 0 radical (unpaired) electrons. The molecule has 0 saturated heterocycles. The third-order valence-corrected chi connectivity index (χ3v) is 9.83. The number of nitrogens with zero attached hydrogens (tertiary/aromatic N) is 2. The summed E-state index contributed by atoms with van der Waals surface area (Å²) in [4.78, 5) is 34.1. The fourth-order valence-electron chi connectivity index (χ4n) is 5.47. The second-order valence-corrected chi connectivity index (χ2v) is 13.1. The van der Waals surface area contributed by atoms with Crippen molar-refractivity contribution in [2.45, 2.75) is 32.9 Å². The van der Waals surface area contributed by atoms with Gasteiger partial charge in [0, 0.05) is 26.7 Å². The average molecular weight is 682 g/mol. The van der Waals surface area contributed by atoms with Crippen molar-refractivity contribution in [2.75, 3.05) is 11.9 Å². The first-order valence-electron chi connectivity index (χ1n) is 15.1.